The van der Waals surface area contributed by atoms with Crippen molar-refractivity contribution in [3.05, 3.63) is 0 Å². The predicted molar refractivity (Wildman–Crippen MR) is 431 cm³/mol. The van der Waals surface area contributed by atoms with Gasteiger partial charge in [-0.15, -0.1) is 0 Å². The zero-order chi connectivity index (χ0) is 105. The van der Waals surface area contributed by atoms with Gasteiger partial charge >= 0.3 is 125 Å². The van der Waals surface area contributed by atoms with Crippen LogP contribution in [0.2, 0.25) is 0 Å². The minimum atomic E-state index is -2.50. The van der Waals surface area contributed by atoms with Crippen LogP contribution in [0.25, 0.3) is 0 Å². The summed E-state index contributed by atoms with van der Waals surface area (Å²) in [4.78, 5) is 286. The molecule has 35 atom stereocenters. The second-order valence-electron chi connectivity index (χ2n) is 32.3. The first kappa shape index (κ1) is 115. The number of carbonyl (C=O) groups excluding carboxylic acids is 20. The molecule has 0 unspecified atom stereocenters. The summed E-state index contributed by atoms with van der Waals surface area (Å²) in [5.74, 6) is -27.0. The van der Waals surface area contributed by atoms with E-state index in [1.807, 2.05) is 0 Å². The Morgan fingerprint density at radius 1 is 0.163 bits per heavy atom. The van der Waals surface area contributed by atoms with E-state index >= 15 is 0 Å². The van der Waals surface area contributed by atoms with E-state index in [-0.39, 0.29) is 0 Å². The molecule has 141 heavy (non-hydrogen) atoms. The van der Waals surface area contributed by atoms with Crippen molar-refractivity contribution in [2.75, 3.05) is 52.9 Å². The topological polar surface area (TPSA) is 702 Å². The Bertz CT molecular complexity index is 4380. The van der Waals surface area contributed by atoms with Crippen LogP contribution in [0.15, 0.2) is 0 Å². The van der Waals surface area contributed by atoms with Crippen molar-refractivity contribution in [3.63, 3.8) is 0 Å². The van der Waals surface area contributed by atoms with Gasteiger partial charge in [-0.25, -0.2) is 4.79 Å². The van der Waals surface area contributed by atoms with E-state index in [4.69, 9.17) is 166 Å². The Kier molecular flexibility index (Phi) is 42.5. The van der Waals surface area contributed by atoms with Crippen molar-refractivity contribution in [3.8, 4) is 0 Å². The van der Waals surface area contributed by atoms with Crippen molar-refractivity contribution in [1.82, 2.24) is 0 Å². The third kappa shape index (κ3) is 33.2. The molecule has 0 aromatic heterocycles. The zero-order valence-electron chi connectivity index (χ0n) is 79.7. The number of hydrogen-bond acceptors (Lipinski definition) is 56. The molecule has 21 aliphatic rings. The van der Waals surface area contributed by atoms with E-state index in [9.17, 15) is 106 Å². The molecule has 0 aromatic rings. The summed E-state index contributed by atoms with van der Waals surface area (Å²) in [6, 6.07) is 0. The van der Waals surface area contributed by atoms with Crippen LogP contribution in [0.3, 0.4) is 0 Å². The second-order valence-corrected chi connectivity index (χ2v) is 32.3. The number of hydrogen-bond donors (Lipinski definition) is 1. The number of ether oxygens (including phenoxy) is 35. The zero-order valence-corrected chi connectivity index (χ0v) is 79.7. The van der Waals surface area contributed by atoms with E-state index in [2.05, 4.69) is 0 Å². The van der Waals surface area contributed by atoms with Crippen molar-refractivity contribution < 1.29 is 272 Å². The normalized spacial score (nSPS) is 34.5. The van der Waals surface area contributed by atoms with Crippen molar-refractivity contribution in [2.45, 2.75) is 353 Å². The fraction of sp³-hybridized carbons (Fsp3) is 0.750. The standard InChI is InChI=1S/C84H112O57/c1-29(85)107-21-49-57-64(115-36(8)92)71(114-28-56(105)106)78(128-49)135-58-50(22-108-30(2)86)129-80(72(122-43(15)99)65(58)116-37(9)93)137-60-52(24-110-32(4)88)131-82(74(124-45(17)101)67(60)118-39(11)95)139-62-54(26-112-34(6)90)133-84(76(126-47(19)103)69(62)120-41(13)97)141-63-55(27-113-35(7)91)134-83(77(127-48(20)104)70(63)121-42(14)98)140-61-53(25-111-33(5)89)132-81(75(125-46(18)102)68(61)119-40(12)96)138-59-51(23-109-31(3)87)130-79(136-57)73(123-44(16)100)66(59)117-38(10)94/h49-55,57-84H,21-28H2,1-20H3,(H,105,106)/t49-,50-,51-,52-,53-,54-,55-,57-,58-,59-,60-,61-,62-,63-,64+,65+,66+,67+,68+,69+,70+,71-,72-,73-,74-,75-,76-,77-,78-,79-,80-,81-,82-,83-,84-/m1/s1. The largest absolute Gasteiger partial charge is 0.480 e. The second kappa shape index (κ2) is 52.3. The summed E-state index contributed by atoms with van der Waals surface area (Å²) in [5.41, 5.74) is 0. The Hall–Kier alpha value is -11.7. The van der Waals surface area contributed by atoms with Crippen LogP contribution in [0.4, 0.5) is 0 Å². The van der Waals surface area contributed by atoms with Crippen LogP contribution in [-0.2, 0) is 266 Å². The van der Waals surface area contributed by atoms with Gasteiger partial charge in [0.1, 0.15) is 144 Å². The third-order valence-electron chi connectivity index (χ3n) is 20.7. The first-order valence-electron chi connectivity index (χ1n) is 43.3. The van der Waals surface area contributed by atoms with Gasteiger partial charge in [0.25, 0.3) is 0 Å². The molecule has 0 aromatic carbocycles. The summed E-state index contributed by atoms with van der Waals surface area (Å²) in [6.45, 7) is 6.85. The summed E-state index contributed by atoms with van der Waals surface area (Å²) < 4.78 is 214. The molecule has 57 nitrogen and oxygen atoms in total. The third-order valence-corrected chi connectivity index (χ3v) is 20.7. The van der Waals surface area contributed by atoms with Crippen molar-refractivity contribution in [2.24, 2.45) is 0 Å². The Morgan fingerprint density at radius 3 is 0.390 bits per heavy atom. The molecule has 14 bridgehead atoms. The molecule has 21 rings (SSSR count). The van der Waals surface area contributed by atoms with Gasteiger partial charge in [-0.2, -0.15) is 0 Å². The fourth-order valence-corrected chi connectivity index (χ4v) is 16.0. The van der Waals surface area contributed by atoms with Gasteiger partial charge in [0.2, 0.25) is 0 Å². The highest BCUT2D eigenvalue weighted by atomic mass is 16.8. The lowest BCUT2D eigenvalue weighted by atomic mass is 9.94. The van der Waals surface area contributed by atoms with Crippen LogP contribution >= 0.6 is 0 Å². The van der Waals surface area contributed by atoms with E-state index in [0.717, 1.165) is 138 Å². The maximum absolute atomic E-state index is 14.0. The van der Waals surface area contributed by atoms with Crippen molar-refractivity contribution in [1.29, 1.82) is 0 Å². The first-order valence-corrected chi connectivity index (χ1v) is 43.3. The maximum atomic E-state index is 14.0. The first-order chi connectivity index (χ1) is 66.2. The number of esters is 20. The van der Waals surface area contributed by atoms with Crippen molar-refractivity contribution >= 4 is 125 Å². The Balaban J connectivity index is 1.52. The predicted octanol–water partition coefficient (Wildman–Crippen LogP) is -3.71. The number of carboxylic acid groups (broad SMARTS) is 1. The van der Waals surface area contributed by atoms with Crippen LogP contribution in [0, 0.1) is 0 Å². The van der Waals surface area contributed by atoms with E-state index < -0.39 is 393 Å². The molecule has 21 fully saturated rings. The van der Waals surface area contributed by atoms with Crippen LogP contribution in [0.5, 0.6) is 0 Å². The highest BCUT2D eigenvalue weighted by Crippen LogP contribution is 2.45. The molecule has 0 radical (unpaired) electrons. The molecule has 0 spiro atoms. The Labute approximate surface area is 800 Å². The summed E-state index contributed by atoms with van der Waals surface area (Å²) in [7, 11) is 0. The lowest BCUT2D eigenvalue weighted by Gasteiger charge is -2.52. The lowest BCUT2D eigenvalue weighted by molar-refractivity contribution is -0.398. The summed E-state index contributed by atoms with van der Waals surface area (Å²) in [6.07, 6.45) is -82.1. The molecule has 0 amide bonds. The smallest absolute Gasteiger partial charge is 0.329 e. The molecular weight excluding hydrogens is 1920 g/mol. The van der Waals surface area contributed by atoms with Crippen LogP contribution in [0.1, 0.15) is 138 Å². The van der Waals surface area contributed by atoms with Crippen LogP contribution in [-0.4, -0.2) is 398 Å². The average Bonchev–Trinajstić information content (AvgIpc) is 0.831. The number of aliphatic carboxylic acids is 1. The lowest BCUT2D eigenvalue weighted by Crippen LogP contribution is -2.70. The van der Waals surface area contributed by atoms with Gasteiger partial charge in [0, 0.05) is 138 Å². The van der Waals surface area contributed by atoms with E-state index in [1.54, 1.807) is 0 Å². The van der Waals surface area contributed by atoms with Crippen LogP contribution < -0.4 is 0 Å². The molecular formula is C84H112O57. The van der Waals surface area contributed by atoms with Gasteiger partial charge in [-0.05, 0) is 0 Å². The monoisotopic (exact) mass is 2030 g/mol. The fourth-order valence-electron chi connectivity index (χ4n) is 16.0. The quantitative estimate of drug-likeness (QED) is 0.0534. The number of carbonyl (C=O) groups is 21. The SMILES string of the molecule is CC(=O)OC[C@H]1O[C@@H]2O[C@H]3[C@H](OC(C)=O)[C@@H](OC(C)=O)[C@@H](O[C@H]4[C@H](OC(C)=O)[C@@H](OC(C)=O)[C@@H](O[C@H]5[C@H](OC(C)=O)[C@@H](OC(C)=O)[C@@H](O[C@H]6[C@H](OC(C)=O)[C@@H](OC(C)=O)[C@@H](O[C@H]7[C@H](OC(C)=O)[C@@H](OC(C)=O)[C@@H](O[C@H]8[C@H](OC(C)=O)[C@@H](OC(C)=O)[C@@H](O[C@H]1[C@H](OC(C)=O)[C@H]2OCC(=O)O)O[C@@H]8COC(C)=O)O[C@@H]7COC(C)=O)O[C@@H]6COC(C)=O)O[C@@H]5COC(C)=O)O[C@@H]4COC(C)=O)O[C@@H]3COC(C)=O. The number of carboxylic acids is 1. The van der Waals surface area contributed by atoms with Gasteiger partial charge in [-0.3, -0.25) is 95.9 Å². The molecule has 0 aliphatic carbocycles. The molecule has 21 heterocycles. The minimum absolute atomic E-state index is 0.772. The average molecular weight is 2030 g/mol. The van der Waals surface area contributed by atoms with Gasteiger partial charge in [0.15, 0.2) is 123 Å². The molecule has 57 heteroatoms. The maximum Gasteiger partial charge on any atom is 0.329 e. The minimum Gasteiger partial charge on any atom is -0.480 e. The molecule has 21 aliphatic heterocycles. The number of rotatable bonds is 30. The summed E-state index contributed by atoms with van der Waals surface area (Å²) in [5, 5.41) is 10.5. The van der Waals surface area contributed by atoms with Gasteiger partial charge < -0.3 is 171 Å². The van der Waals surface area contributed by atoms with Gasteiger partial charge in [-0.1, -0.05) is 0 Å². The molecule has 0 saturated carbocycles. The molecule has 21 saturated heterocycles. The van der Waals surface area contributed by atoms with E-state index in [1.165, 1.54) is 0 Å². The summed E-state index contributed by atoms with van der Waals surface area (Å²) >= 11 is 0. The highest BCUT2D eigenvalue weighted by Gasteiger charge is 2.66. The highest BCUT2D eigenvalue weighted by molar-refractivity contribution is 5.74. The van der Waals surface area contributed by atoms with Gasteiger partial charge in [0.05, 0.1) is 0 Å². The molecule has 1 N–H and O–H groups in total. The molecule has 790 valence electrons. The van der Waals surface area contributed by atoms with E-state index in [0.29, 0.717) is 0 Å². The Morgan fingerprint density at radius 2 is 0.277 bits per heavy atom.